The van der Waals surface area contributed by atoms with Gasteiger partial charge in [0.1, 0.15) is 42.7 Å². The number of rotatable bonds is 17. The molecule has 1 unspecified atom stereocenters. The normalized spacial score (nSPS) is 22.2. The first-order valence-corrected chi connectivity index (χ1v) is 30.3. The minimum Gasteiger partial charge on any atom is -0.456 e. The number of aromatic nitrogens is 4. The molecule has 6 N–H and O–H groups in total. The number of carbonyl (C=O) groups excluding carboxylic acids is 2. The standard InChI is InChI=1S/C57H67Cl4N10O9P/c1-10-69-35-23-37-33(21-31(35)29(3)25-56(69,5)6)41(34-22-32-30(4)26-57(7,8)70(11-2)36(32)24-38(34)78-37)42-43(45(59)47(61)46(60)44(42)58)53(74)68(9)20-16-17-40(72)63-18-14-12-13-15-19-64-55-67-48-51(62)65-28-66-52(48)71(55)54-49(73)50-39(79-54)27-77-81(75,76)80-50/h21-26,28,39,49-50,54,62,73H,10-20,27H2,1-9H3,(H3,63,72,74,75,76)/p+1/t39-,49-,50-,54-/m1/s1. The van der Waals surface area contributed by atoms with E-state index >= 15 is 4.79 Å². The van der Waals surface area contributed by atoms with Crippen molar-refractivity contribution in [3.05, 3.63) is 101 Å². The van der Waals surface area contributed by atoms with Gasteiger partial charge in [0.2, 0.25) is 17.2 Å². The number of imidazole rings is 1. The maximum atomic E-state index is 15.1. The predicted octanol–water partition coefficient (Wildman–Crippen LogP) is 9.52. The summed E-state index contributed by atoms with van der Waals surface area (Å²) in [6.45, 7) is 19.7. The summed E-state index contributed by atoms with van der Waals surface area (Å²) in [5.74, 6) is 1.01. The lowest BCUT2D eigenvalue weighted by molar-refractivity contribution is -0.121. The van der Waals surface area contributed by atoms with Crippen LogP contribution in [0, 0.1) is 0 Å². The van der Waals surface area contributed by atoms with Crippen LogP contribution in [0.5, 0.6) is 11.5 Å². The third-order valence-electron chi connectivity index (χ3n) is 16.0. The molecule has 2 aromatic heterocycles. The van der Waals surface area contributed by atoms with E-state index in [-0.39, 0.29) is 68.0 Å². The summed E-state index contributed by atoms with van der Waals surface area (Å²) in [5, 5.41) is 19.2. The fraction of sp³-hybridized carbons (Fsp3) is 0.474. The molecule has 5 atom stereocenters. The molecule has 2 saturated heterocycles. The number of nitrogens with one attached hydrogen (secondary N) is 2. The second kappa shape index (κ2) is 22.7. The summed E-state index contributed by atoms with van der Waals surface area (Å²) in [7, 11) is -2.69. The summed E-state index contributed by atoms with van der Waals surface area (Å²) in [6.07, 6.45) is 5.07. The Hall–Kier alpha value is -5.31. The van der Waals surface area contributed by atoms with Crippen LogP contribution in [-0.4, -0.2) is 122 Å². The number of fused-ring (bicyclic) bond motifs is 6. The number of carbonyl (C=O) groups is 2. The Morgan fingerprint density at radius 1 is 0.914 bits per heavy atom. The van der Waals surface area contributed by atoms with E-state index in [1.165, 1.54) is 11.2 Å². The van der Waals surface area contributed by atoms with Crippen molar-refractivity contribution in [1.29, 1.82) is 0 Å². The number of anilines is 3. The monoisotopic (exact) mass is 1210 g/mol. The number of halogens is 4. The topological polar surface area (TPSA) is 232 Å². The third kappa shape index (κ3) is 10.9. The van der Waals surface area contributed by atoms with Crippen LogP contribution in [0.1, 0.15) is 133 Å². The Labute approximate surface area is 490 Å². The van der Waals surface area contributed by atoms with Crippen molar-refractivity contribution in [1.82, 2.24) is 34.3 Å². The minimum atomic E-state index is -4.35. The number of aliphatic hydroxyl groups is 1. The number of nitrogens with two attached hydrogens (primary N) is 1. The summed E-state index contributed by atoms with van der Waals surface area (Å²) < 4.78 is 39.1. The molecule has 0 aliphatic carbocycles. The number of hydrogen-bond acceptors (Lipinski definition) is 14. The van der Waals surface area contributed by atoms with E-state index in [0.29, 0.717) is 70.0 Å². The number of unbranched alkanes of at least 4 members (excludes halogenated alkanes) is 3. The quantitative estimate of drug-likeness (QED) is 0.0188. The molecule has 432 valence electrons. The molecule has 2 fully saturated rings. The molecule has 19 nitrogen and oxygen atoms in total. The number of hydrogen-bond donors (Lipinski definition) is 5. The molecule has 0 saturated carbocycles. The molecule has 0 spiro atoms. The highest BCUT2D eigenvalue weighted by Crippen LogP contribution is 2.54. The van der Waals surface area contributed by atoms with Gasteiger partial charge < -0.3 is 45.6 Å². The molecule has 2 amide bonds. The molecule has 7 heterocycles. The van der Waals surface area contributed by atoms with Gasteiger partial charge >= 0.3 is 7.82 Å². The van der Waals surface area contributed by atoms with Gasteiger partial charge in [0, 0.05) is 98.3 Å². The van der Waals surface area contributed by atoms with Gasteiger partial charge in [0.15, 0.2) is 28.7 Å². The highest BCUT2D eigenvalue weighted by Gasteiger charge is 2.53. The average molecular weight is 1210 g/mol. The van der Waals surface area contributed by atoms with E-state index in [0.717, 1.165) is 72.1 Å². The number of phosphoric acid groups is 1. The zero-order chi connectivity index (χ0) is 58.2. The summed E-state index contributed by atoms with van der Waals surface area (Å²) in [4.78, 5) is 55.0. The van der Waals surface area contributed by atoms with Gasteiger partial charge in [0.25, 0.3) is 5.91 Å². The number of allylic oxidation sites excluding steroid dienone is 2. The van der Waals surface area contributed by atoms with Crippen molar-refractivity contribution in [3.63, 3.8) is 0 Å². The molecule has 81 heavy (non-hydrogen) atoms. The van der Waals surface area contributed by atoms with Crippen LogP contribution in [0.4, 0.5) is 17.5 Å². The smallest absolute Gasteiger partial charge is 0.456 e. The van der Waals surface area contributed by atoms with Crippen molar-refractivity contribution < 1.29 is 42.7 Å². The first-order chi connectivity index (χ1) is 38.4. The van der Waals surface area contributed by atoms with E-state index in [2.05, 4.69) is 127 Å². The summed E-state index contributed by atoms with van der Waals surface area (Å²) in [6, 6.07) is 8.40. The van der Waals surface area contributed by atoms with E-state index < -0.39 is 38.3 Å². The molecule has 10 rings (SSSR count). The zero-order valence-electron chi connectivity index (χ0n) is 46.8. The van der Waals surface area contributed by atoms with Crippen LogP contribution in [-0.2, 0) is 23.1 Å². The second-order valence-electron chi connectivity index (χ2n) is 22.3. The second-order valence-corrected chi connectivity index (χ2v) is 25.2. The zero-order valence-corrected chi connectivity index (χ0v) is 50.7. The number of likely N-dealkylation sites (N-methyl/N-ethyl adjacent to an activating group) is 2. The van der Waals surface area contributed by atoms with Crippen LogP contribution >= 0.6 is 54.2 Å². The number of nitrogen functional groups attached to an aromatic ring is 1. The van der Waals surface area contributed by atoms with E-state index in [9.17, 15) is 19.4 Å². The highest BCUT2D eigenvalue weighted by molar-refractivity contribution is 7.47. The number of ether oxygens (including phenoxy) is 2. The largest absolute Gasteiger partial charge is 0.472 e. The first-order valence-electron chi connectivity index (χ1n) is 27.3. The van der Waals surface area contributed by atoms with E-state index in [1.807, 2.05) is 0 Å². The molecule has 0 bridgehead atoms. The summed E-state index contributed by atoms with van der Waals surface area (Å²) in [5.41, 5.74) is 13.2. The van der Waals surface area contributed by atoms with Gasteiger partial charge in [0.05, 0.1) is 43.9 Å². The van der Waals surface area contributed by atoms with Gasteiger partial charge in [-0.05, 0) is 90.2 Å². The van der Waals surface area contributed by atoms with E-state index in [1.54, 1.807) is 11.6 Å². The van der Waals surface area contributed by atoms with E-state index in [4.69, 9.17) is 70.7 Å². The number of amides is 2. The van der Waals surface area contributed by atoms with Gasteiger partial charge in [-0.25, -0.2) is 24.1 Å². The molecule has 5 aliphatic heterocycles. The highest BCUT2D eigenvalue weighted by atomic mass is 35.5. The Morgan fingerprint density at radius 2 is 1.63 bits per heavy atom. The van der Waals surface area contributed by atoms with Gasteiger partial charge in [-0.2, -0.15) is 0 Å². The molecule has 0 radical (unpaired) electrons. The summed E-state index contributed by atoms with van der Waals surface area (Å²) >= 11 is 28.4. The Bertz CT molecular complexity index is 3660. The lowest BCUT2D eigenvalue weighted by Crippen LogP contribution is -2.49. The number of benzene rings is 3. The molecular formula is C57H68Cl4N10O9P+. The molecule has 5 aliphatic rings. The van der Waals surface area contributed by atoms with Crippen LogP contribution in [0.2, 0.25) is 20.1 Å². The molecule has 3 aromatic carbocycles. The maximum Gasteiger partial charge on any atom is 0.472 e. The lowest BCUT2D eigenvalue weighted by atomic mass is 9.83. The SMILES string of the molecule is CCN1c2cc3c(cc2C(C)=CC1(C)C)C(c1c(Cl)c(Cl)c(Cl)c(Cl)c1C(=O)N(C)CCCC(=O)NCCCCCCNc1nc2c(N)ncnc2n1[C@@H]1O[C@@H]2COP(=O)(O)O[C@H]2[C@H]1O)=c1cc2c(cc1O3)=[N+](CC)C(C)(C)C=C2C. The molecule has 5 aromatic rings. The third-order valence-corrected chi connectivity index (χ3v) is 18.7. The van der Waals surface area contributed by atoms with Crippen molar-refractivity contribution >= 4 is 111 Å². The lowest BCUT2D eigenvalue weighted by Gasteiger charge is -2.43. The minimum absolute atomic E-state index is 0.0132. The van der Waals surface area contributed by atoms with Crippen LogP contribution in [0.25, 0.3) is 27.9 Å². The van der Waals surface area contributed by atoms with Gasteiger partial charge in [-0.1, -0.05) is 65.3 Å². The fourth-order valence-electron chi connectivity index (χ4n) is 12.3. The van der Waals surface area contributed by atoms with Gasteiger partial charge in [-0.3, -0.25) is 23.2 Å². The van der Waals surface area contributed by atoms with Gasteiger partial charge in [-0.15, -0.1) is 0 Å². The maximum absolute atomic E-state index is 15.1. The first kappa shape index (κ1) is 58.9. The Balaban J connectivity index is 0.822. The predicted molar refractivity (Wildman–Crippen MR) is 317 cm³/mol. The van der Waals surface area contributed by atoms with Crippen molar-refractivity contribution in [3.8, 4) is 11.5 Å². The van der Waals surface area contributed by atoms with Crippen molar-refractivity contribution in [2.45, 2.75) is 130 Å². The van der Waals surface area contributed by atoms with Crippen LogP contribution in [0.15, 0.2) is 42.7 Å². The Morgan fingerprint density at radius 3 is 2.36 bits per heavy atom. The average Bonchev–Trinajstić information content (AvgIpc) is 3.99. The molecule has 24 heteroatoms. The van der Waals surface area contributed by atoms with Crippen molar-refractivity contribution in [2.75, 3.05) is 62.3 Å². The fourth-order valence-corrected chi connectivity index (χ4v) is 14.2. The number of aliphatic hydroxyl groups excluding tert-OH is 1. The number of nitrogens with zero attached hydrogens (tertiary/aromatic N) is 7. The van der Waals surface area contributed by atoms with Crippen LogP contribution in [0.3, 0.4) is 0 Å². The number of phosphoric ester groups is 1. The van der Waals surface area contributed by atoms with Crippen LogP contribution < -0.4 is 41.2 Å². The molecular weight excluding hydrogens is 1140 g/mol. The van der Waals surface area contributed by atoms with Crippen molar-refractivity contribution in [2.24, 2.45) is 0 Å². The Kier molecular flexibility index (Phi) is 16.5.